The minimum absolute atomic E-state index is 0.0192. The first-order chi connectivity index (χ1) is 12.8. The molecule has 0 spiro atoms. The van der Waals surface area contributed by atoms with Crippen LogP contribution in [0, 0.1) is 0 Å². The molecule has 0 atom stereocenters. The van der Waals surface area contributed by atoms with Crippen LogP contribution >= 0.6 is 0 Å². The Morgan fingerprint density at radius 2 is 1.15 bits per heavy atom. The number of carboxylic acid groups (broad SMARTS) is 3. The summed E-state index contributed by atoms with van der Waals surface area (Å²) in [4.78, 5) is 47.2. The van der Waals surface area contributed by atoms with E-state index in [9.17, 15) is 19.2 Å². The van der Waals surface area contributed by atoms with E-state index in [1.165, 1.54) is 19.3 Å². The van der Waals surface area contributed by atoms with E-state index in [0.29, 0.717) is 6.42 Å². The number of unbranched alkanes of at least 4 members (excludes halogenated alkanes) is 6. The van der Waals surface area contributed by atoms with Gasteiger partial charge in [0.1, 0.15) is 6.54 Å². The van der Waals surface area contributed by atoms with Gasteiger partial charge in [-0.15, -0.1) is 0 Å². The first kappa shape index (κ1) is 24.8. The molecular formula is C18H32N2O7. The van der Waals surface area contributed by atoms with E-state index in [0.717, 1.165) is 29.1 Å². The lowest BCUT2D eigenvalue weighted by Crippen LogP contribution is -2.44. The molecule has 9 heteroatoms. The van der Waals surface area contributed by atoms with Crippen LogP contribution in [-0.4, -0.2) is 81.7 Å². The Morgan fingerprint density at radius 1 is 0.667 bits per heavy atom. The van der Waals surface area contributed by atoms with Crippen molar-refractivity contribution in [3.05, 3.63) is 0 Å². The Morgan fingerprint density at radius 3 is 1.63 bits per heavy atom. The van der Waals surface area contributed by atoms with Gasteiger partial charge in [0.2, 0.25) is 5.91 Å². The average Bonchev–Trinajstić information content (AvgIpc) is 2.56. The Balaban J connectivity index is 4.44. The van der Waals surface area contributed by atoms with Gasteiger partial charge < -0.3 is 20.2 Å². The van der Waals surface area contributed by atoms with Crippen molar-refractivity contribution in [2.75, 3.05) is 32.7 Å². The number of carbonyl (C=O) groups is 4. The van der Waals surface area contributed by atoms with E-state index < -0.39 is 37.5 Å². The van der Waals surface area contributed by atoms with Gasteiger partial charge in [-0.3, -0.25) is 24.1 Å². The van der Waals surface area contributed by atoms with Gasteiger partial charge in [0.15, 0.2) is 0 Å². The van der Waals surface area contributed by atoms with Crippen LogP contribution in [0.2, 0.25) is 0 Å². The average molecular weight is 388 g/mol. The monoisotopic (exact) mass is 388 g/mol. The number of hydrogen-bond acceptors (Lipinski definition) is 5. The van der Waals surface area contributed by atoms with Gasteiger partial charge in [0.25, 0.3) is 0 Å². The highest BCUT2D eigenvalue weighted by Crippen LogP contribution is 2.09. The number of aliphatic carboxylic acids is 3. The highest BCUT2D eigenvalue weighted by atomic mass is 16.4. The van der Waals surface area contributed by atoms with Gasteiger partial charge in [-0.1, -0.05) is 45.4 Å². The maximum atomic E-state index is 12.3. The predicted octanol–water partition coefficient (Wildman–Crippen LogP) is 1.51. The van der Waals surface area contributed by atoms with Crippen molar-refractivity contribution in [1.29, 1.82) is 0 Å². The van der Waals surface area contributed by atoms with Crippen molar-refractivity contribution in [3.8, 4) is 0 Å². The molecule has 0 heterocycles. The second-order valence-electron chi connectivity index (χ2n) is 6.58. The van der Waals surface area contributed by atoms with Crippen molar-refractivity contribution in [3.63, 3.8) is 0 Å². The molecule has 1 amide bonds. The van der Waals surface area contributed by atoms with Crippen molar-refractivity contribution < 1.29 is 34.5 Å². The largest absolute Gasteiger partial charge is 0.480 e. The minimum Gasteiger partial charge on any atom is -0.480 e. The van der Waals surface area contributed by atoms with Crippen LogP contribution in [0.25, 0.3) is 0 Å². The molecule has 0 saturated carbocycles. The van der Waals surface area contributed by atoms with Crippen LogP contribution in [0.15, 0.2) is 0 Å². The van der Waals surface area contributed by atoms with E-state index in [1.807, 2.05) is 0 Å². The molecule has 0 aromatic carbocycles. The molecule has 0 aliphatic carbocycles. The normalized spacial score (nSPS) is 10.7. The standard InChI is InChI=1S/C18H32N2O7/c1-2-3-4-5-6-7-8-9-15(21)20(14-18(26)27)11-10-19(12-16(22)23)13-17(24)25/h2-14H2,1H3,(H,22,23)(H,24,25)(H,26,27). The van der Waals surface area contributed by atoms with Gasteiger partial charge in [0, 0.05) is 19.5 Å². The molecule has 156 valence electrons. The summed E-state index contributed by atoms with van der Waals surface area (Å²) in [6.07, 6.45) is 7.53. The van der Waals surface area contributed by atoms with Crippen LogP contribution < -0.4 is 0 Å². The Bertz CT molecular complexity index is 466. The highest BCUT2D eigenvalue weighted by molar-refractivity contribution is 5.81. The molecule has 0 saturated heterocycles. The van der Waals surface area contributed by atoms with Crippen LogP contribution in [0.5, 0.6) is 0 Å². The lowest BCUT2D eigenvalue weighted by Gasteiger charge is -2.25. The molecule has 0 bridgehead atoms. The van der Waals surface area contributed by atoms with Crippen molar-refractivity contribution >= 4 is 23.8 Å². The maximum absolute atomic E-state index is 12.3. The van der Waals surface area contributed by atoms with Gasteiger partial charge in [-0.05, 0) is 6.42 Å². The summed E-state index contributed by atoms with van der Waals surface area (Å²) >= 11 is 0. The Labute approximate surface area is 159 Å². The van der Waals surface area contributed by atoms with Crippen LogP contribution in [0.3, 0.4) is 0 Å². The summed E-state index contributed by atoms with van der Waals surface area (Å²) in [6, 6.07) is 0. The van der Waals surface area contributed by atoms with E-state index in [-0.39, 0.29) is 25.4 Å². The first-order valence-corrected chi connectivity index (χ1v) is 9.41. The summed E-state index contributed by atoms with van der Waals surface area (Å²) in [5.41, 5.74) is 0. The quantitative estimate of drug-likeness (QED) is 0.319. The molecule has 0 rings (SSSR count). The van der Waals surface area contributed by atoms with Gasteiger partial charge in [-0.2, -0.15) is 0 Å². The maximum Gasteiger partial charge on any atom is 0.323 e. The number of nitrogens with zero attached hydrogens (tertiary/aromatic N) is 2. The van der Waals surface area contributed by atoms with E-state index >= 15 is 0 Å². The third-order valence-electron chi connectivity index (χ3n) is 4.08. The number of carbonyl (C=O) groups excluding carboxylic acids is 1. The fraction of sp³-hybridized carbons (Fsp3) is 0.778. The zero-order chi connectivity index (χ0) is 20.7. The molecule has 27 heavy (non-hydrogen) atoms. The Hall–Kier alpha value is -2.16. The number of rotatable bonds is 17. The topological polar surface area (TPSA) is 135 Å². The lowest BCUT2D eigenvalue weighted by atomic mass is 10.1. The fourth-order valence-electron chi connectivity index (χ4n) is 2.71. The molecule has 0 radical (unpaired) electrons. The second kappa shape index (κ2) is 15.0. The third kappa shape index (κ3) is 14.7. The van der Waals surface area contributed by atoms with Crippen LogP contribution in [-0.2, 0) is 19.2 Å². The van der Waals surface area contributed by atoms with Crippen molar-refractivity contribution in [1.82, 2.24) is 9.80 Å². The zero-order valence-corrected chi connectivity index (χ0v) is 16.1. The van der Waals surface area contributed by atoms with Gasteiger partial charge in [-0.25, -0.2) is 0 Å². The zero-order valence-electron chi connectivity index (χ0n) is 16.1. The predicted molar refractivity (Wildman–Crippen MR) is 98.5 cm³/mol. The summed E-state index contributed by atoms with van der Waals surface area (Å²) < 4.78 is 0. The third-order valence-corrected chi connectivity index (χ3v) is 4.08. The van der Waals surface area contributed by atoms with E-state index in [2.05, 4.69) is 6.92 Å². The molecule has 3 N–H and O–H groups in total. The molecule has 0 aromatic heterocycles. The van der Waals surface area contributed by atoms with Crippen LogP contribution in [0.4, 0.5) is 0 Å². The van der Waals surface area contributed by atoms with E-state index in [1.54, 1.807) is 0 Å². The number of amides is 1. The fourth-order valence-corrected chi connectivity index (χ4v) is 2.71. The molecule has 0 aliphatic rings. The molecule has 0 aliphatic heterocycles. The lowest BCUT2D eigenvalue weighted by molar-refractivity contribution is -0.145. The molecular weight excluding hydrogens is 356 g/mol. The number of carboxylic acids is 3. The van der Waals surface area contributed by atoms with Gasteiger partial charge in [0.05, 0.1) is 13.1 Å². The minimum atomic E-state index is -1.18. The molecule has 0 unspecified atom stereocenters. The highest BCUT2D eigenvalue weighted by Gasteiger charge is 2.19. The smallest absolute Gasteiger partial charge is 0.323 e. The summed E-state index contributed by atoms with van der Waals surface area (Å²) in [6.45, 7) is 0.641. The second-order valence-corrected chi connectivity index (χ2v) is 6.58. The SMILES string of the molecule is CCCCCCCCCC(=O)N(CCN(CC(=O)O)CC(=O)O)CC(=O)O. The molecule has 9 nitrogen and oxygen atoms in total. The summed E-state index contributed by atoms with van der Waals surface area (Å²) in [5.74, 6) is -3.84. The Kier molecular flexibility index (Phi) is 13.8. The van der Waals surface area contributed by atoms with Crippen molar-refractivity contribution in [2.24, 2.45) is 0 Å². The molecule has 0 aromatic rings. The van der Waals surface area contributed by atoms with Gasteiger partial charge >= 0.3 is 17.9 Å². The number of hydrogen-bond donors (Lipinski definition) is 3. The van der Waals surface area contributed by atoms with Crippen molar-refractivity contribution in [2.45, 2.75) is 58.3 Å². The summed E-state index contributed by atoms with van der Waals surface area (Å²) in [5, 5.41) is 26.6. The molecule has 0 fully saturated rings. The van der Waals surface area contributed by atoms with Crippen LogP contribution in [0.1, 0.15) is 58.3 Å². The van der Waals surface area contributed by atoms with E-state index in [4.69, 9.17) is 15.3 Å². The summed E-state index contributed by atoms with van der Waals surface area (Å²) in [7, 11) is 0. The first-order valence-electron chi connectivity index (χ1n) is 9.41.